The third-order valence-corrected chi connectivity index (χ3v) is 3.46. The molecule has 110 valence electrons. The maximum absolute atomic E-state index is 13.8. The van der Waals surface area contributed by atoms with Gasteiger partial charge in [-0.15, -0.1) is 0 Å². The van der Waals surface area contributed by atoms with Crippen LogP contribution in [0, 0.1) is 5.82 Å². The largest absolute Gasteiger partial charge is 0.497 e. The first kappa shape index (κ1) is 15.3. The number of methoxy groups -OCH3 is 2. The van der Waals surface area contributed by atoms with Crippen molar-refractivity contribution in [2.24, 2.45) is 0 Å². The smallest absolute Gasteiger partial charge is 0.259 e. The fourth-order valence-electron chi connectivity index (χ4n) is 1.79. The van der Waals surface area contributed by atoms with Gasteiger partial charge in [0.1, 0.15) is 17.3 Å². The van der Waals surface area contributed by atoms with Crippen LogP contribution in [0.2, 0.25) is 0 Å². The number of amides is 1. The molecule has 0 saturated heterocycles. The molecule has 4 nitrogen and oxygen atoms in total. The molecule has 0 aliphatic rings. The van der Waals surface area contributed by atoms with Gasteiger partial charge >= 0.3 is 0 Å². The van der Waals surface area contributed by atoms with Crippen LogP contribution in [-0.2, 0) is 0 Å². The highest BCUT2D eigenvalue weighted by atomic mass is 79.9. The zero-order chi connectivity index (χ0) is 15.4. The van der Waals surface area contributed by atoms with Crippen molar-refractivity contribution in [1.29, 1.82) is 0 Å². The third-order valence-electron chi connectivity index (χ3n) is 2.80. The van der Waals surface area contributed by atoms with Gasteiger partial charge in [-0.2, -0.15) is 0 Å². The van der Waals surface area contributed by atoms with Crippen molar-refractivity contribution in [2.45, 2.75) is 0 Å². The van der Waals surface area contributed by atoms with E-state index in [0.717, 1.165) is 0 Å². The minimum absolute atomic E-state index is 0.0562. The van der Waals surface area contributed by atoms with Gasteiger partial charge in [0.2, 0.25) is 0 Å². The summed E-state index contributed by atoms with van der Waals surface area (Å²) in [7, 11) is 3.02. The fourth-order valence-corrected chi connectivity index (χ4v) is 2.31. The zero-order valence-electron chi connectivity index (χ0n) is 11.4. The van der Waals surface area contributed by atoms with Crippen molar-refractivity contribution in [3.63, 3.8) is 0 Å². The van der Waals surface area contributed by atoms with Gasteiger partial charge in [-0.05, 0) is 28.1 Å². The molecule has 0 spiro atoms. The molecule has 0 bridgehead atoms. The molecule has 21 heavy (non-hydrogen) atoms. The van der Waals surface area contributed by atoms with Crippen LogP contribution < -0.4 is 14.8 Å². The molecule has 0 fully saturated rings. The Labute approximate surface area is 130 Å². The molecule has 0 unspecified atom stereocenters. The van der Waals surface area contributed by atoms with E-state index in [-0.39, 0.29) is 5.56 Å². The Morgan fingerprint density at radius 1 is 1.14 bits per heavy atom. The highest BCUT2D eigenvalue weighted by Crippen LogP contribution is 2.27. The summed E-state index contributed by atoms with van der Waals surface area (Å²) in [6, 6.07) is 9.26. The Bertz CT molecular complexity index is 633. The number of anilines is 1. The monoisotopic (exact) mass is 353 g/mol. The molecule has 2 rings (SSSR count). The summed E-state index contributed by atoms with van der Waals surface area (Å²) in [6.07, 6.45) is 0. The molecule has 1 N–H and O–H groups in total. The molecule has 0 atom stereocenters. The molecule has 0 aliphatic heterocycles. The number of hydrogen-bond donors (Lipinski definition) is 1. The average Bonchev–Trinajstić information content (AvgIpc) is 2.46. The standard InChI is InChI=1S/C15H13BrFNO3/c1-20-10-6-9(7-11(8-10)21-2)18-15(19)14-12(16)4-3-5-13(14)17/h3-8H,1-2H3,(H,18,19). The first-order valence-electron chi connectivity index (χ1n) is 6.03. The summed E-state index contributed by atoms with van der Waals surface area (Å²) in [4.78, 5) is 12.2. The second-order valence-electron chi connectivity index (χ2n) is 4.15. The quantitative estimate of drug-likeness (QED) is 0.907. The lowest BCUT2D eigenvalue weighted by atomic mass is 10.2. The lowest BCUT2D eigenvalue weighted by Crippen LogP contribution is -2.14. The van der Waals surface area contributed by atoms with Gasteiger partial charge in [-0.25, -0.2) is 4.39 Å². The van der Waals surface area contributed by atoms with Gasteiger partial charge in [0.05, 0.1) is 19.8 Å². The lowest BCUT2D eigenvalue weighted by Gasteiger charge is -2.11. The van der Waals surface area contributed by atoms with E-state index in [2.05, 4.69) is 21.2 Å². The molecule has 0 radical (unpaired) electrons. The van der Waals surface area contributed by atoms with E-state index in [1.54, 1.807) is 24.3 Å². The summed E-state index contributed by atoms with van der Waals surface area (Å²) >= 11 is 3.17. The lowest BCUT2D eigenvalue weighted by molar-refractivity contribution is 0.102. The van der Waals surface area contributed by atoms with Gasteiger partial charge in [0.15, 0.2) is 0 Å². The van der Waals surface area contributed by atoms with E-state index < -0.39 is 11.7 Å². The molecule has 2 aromatic carbocycles. The van der Waals surface area contributed by atoms with Crippen molar-refractivity contribution in [3.8, 4) is 11.5 Å². The summed E-state index contributed by atoms with van der Waals surface area (Å²) in [5.41, 5.74) is 0.394. The third kappa shape index (κ3) is 3.52. The predicted molar refractivity (Wildman–Crippen MR) is 81.6 cm³/mol. The summed E-state index contributed by atoms with van der Waals surface area (Å²) in [5.74, 6) is -0.110. The van der Waals surface area contributed by atoms with Crippen LogP contribution >= 0.6 is 15.9 Å². The molecule has 1 amide bonds. The number of carbonyl (C=O) groups is 1. The number of benzene rings is 2. The van der Waals surface area contributed by atoms with Gasteiger partial charge in [0.25, 0.3) is 5.91 Å². The molecule has 0 heterocycles. The minimum atomic E-state index is -0.600. The highest BCUT2D eigenvalue weighted by molar-refractivity contribution is 9.10. The number of hydrogen-bond acceptors (Lipinski definition) is 3. The van der Waals surface area contributed by atoms with E-state index in [9.17, 15) is 9.18 Å². The van der Waals surface area contributed by atoms with Gasteiger partial charge in [0, 0.05) is 28.4 Å². The summed E-state index contributed by atoms with van der Waals surface area (Å²) in [6.45, 7) is 0. The Morgan fingerprint density at radius 3 is 2.29 bits per heavy atom. The maximum atomic E-state index is 13.8. The van der Waals surface area contributed by atoms with Crippen LogP contribution in [0.15, 0.2) is 40.9 Å². The Hall–Kier alpha value is -2.08. The Kier molecular flexibility index (Phi) is 4.80. The van der Waals surface area contributed by atoms with Gasteiger partial charge in [-0.3, -0.25) is 4.79 Å². The normalized spacial score (nSPS) is 10.1. The Balaban J connectivity index is 2.31. The summed E-state index contributed by atoms with van der Waals surface area (Å²) < 4.78 is 24.4. The van der Waals surface area contributed by atoms with Crippen LogP contribution in [0.3, 0.4) is 0 Å². The first-order valence-corrected chi connectivity index (χ1v) is 6.83. The fraction of sp³-hybridized carbons (Fsp3) is 0.133. The SMILES string of the molecule is COc1cc(NC(=O)c2c(F)cccc2Br)cc(OC)c1. The minimum Gasteiger partial charge on any atom is -0.497 e. The maximum Gasteiger partial charge on any atom is 0.259 e. The van der Waals surface area contributed by atoms with Crippen LogP contribution in [0.1, 0.15) is 10.4 Å². The zero-order valence-corrected chi connectivity index (χ0v) is 13.0. The highest BCUT2D eigenvalue weighted by Gasteiger charge is 2.16. The van der Waals surface area contributed by atoms with E-state index in [1.807, 2.05) is 0 Å². The van der Waals surface area contributed by atoms with E-state index in [0.29, 0.717) is 21.7 Å². The first-order chi connectivity index (χ1) is 10.0. The van der Waals surface area contributed by atoms with Crippen LogP contribution in [0.5, 0.6) is 11.5 Å². The number of carbonyl (C=O) groups excluding carboxylic acids is 1. The second kappa shape index (κ2) is 6.58. The molecular weight excluding hydrogens is 341 g/mol. The van der Waals surface area contributed by atoms with E-state index >= 15 is 0 Å². The number of rotatable bonds is 4. The second-order valence-corrected chi connectivity index (χ2v) is 5.01. The molecule has 0 aliphatic carbocycles. The van der Waals surface area contributed by atoms with Crippen molar-refractivity contribution in [2.75, 3.05) is 19.5 Å². The van der Waals surface area contributed by atoms with Crippen LogP contribution in [-0.4, -0.2) is 20.1 Å². The van der Waals surface area contributed by atoms with Gasteiger partial charge < -0.3 is 14.8 Å². The predicted octanol–water partition coefficient (Wildman–Crippen LogP) is 3.86. The molecule has 6 heteroatoms. The summed E-state index contributed by atoms with van der Waals surface area (Å²) in [5, 5.41) is 2.62. The number of nitrogens with one attached hydrogen (secondary N) is 1. The molecule has 0 aromatic heterocycles. The topological polar surface area (TPSA) is 47.6 Å². The van der Waals surface area contributed by atoms with Crippen molar-refractivity contribution >= 4 is 27.5 Å². The molecular formula is C15H13BrFNO3. The van der Waals surface area contributed by atoms with Crippen molar-refractivity contribution < 1.29 is 18.7 Å². The van der Waals surface area contributed by atoms with E-state index in [4.69, 9.17) is 9.47 Å². The van der Waals surface area contributed by atoms with Crippen LogP contribution in [0.25, 0.3) is 0 Å². The van der Waals surface area contributed by atoms with Crippen LogP contribution in [0.4, 0.5) is 10.1 Å². The van der Waals surface area contributed by atoms with Crippen molar-refractivity contribution in [3.05, 3.63) is 52.3 Å². The van der Waals surface area contributed by atoms with Gasteiger partial charge in [-0.1, -0.05) is 6.07 Å². The Morgan fingerprint density at radius 2 is 1.76 bits per heavy atom. The number of halogens is 2. The van der Waals surface area contributed by atoms with Crippen molar-refractivity contribution in [1.82, 2.24) is 0 Å². The molecule has 0 saturated carbocycles. The average molecular weight is 354 g/mol. The van der Waals surface area contributed by atoms with E-state index in [1.165, 1.54) is 26.4 Å². The molecule has 2 aromatic rings. The number of ether oxygens (including phenoxy) is 2.